The van der Waals surface area contributed by atoms with Crippen LogP contribution in [0.25, 0.3) is 0 Å². The molecule has 3 aliphatic rings. The van der Waals surface area contributed by atoms with Gasteiger partial charge in [0.15, 0.2) is 0 Å². The number of carbonyl (C=O) groups is 1. The summed E-state index contributed by atoms with van der Waals surface area (Å²) in [5.41, 5.74) is 0.643. The molecule has 1 aromatic carbocycles. The van der Waals surface area contributed by atoms with E-state index in [2.05, 4.69) is 0 Å². The van der Waals surface area contributed by atoms with E-state index < -0.39 is 17.3 Å². The van der Waals surface area contributed by atoms with Gasteiger partial charge in [-0.15, -0.1) is 0 Å². The summed E-state index contributed by atoms with van der Waals surface area (Å²) in [5.74, 6) is 0.621. The highest BCUT2D eigenvalue weighted by atomic mass is 19.4. The zero-order chi connectivity index (χ0) is 20.3. The molecule has 4 rings (SSSR count). The second-order valence-electron chi connectivity index (χ2n) is 9.75. The van der Waals surface area contributed by atoms with Crippen LogP contribution in [0, 0.1) is 24.2 Å². The number of hydrogen-bond donors (Lipinski definition) is 1. The molecule has 6 heteroatoms. The van der Waals surface area contributed by atoms with E-state index in [-0.39, 0.29) is 17.2 Å². The average Bonchev–Trinajstić information content (AvgIpc) is 2.95. The van der Waals surface area contributed by atoms with Crippen molar-refractivity contribution in [1.29, 1.82) is 0 Å². The lowest BCUT2D eigenvalue weighted by Gasteiger charge is -2.52. The first-order valence-corrected chi connectivity index (χ1v) is 10.1. The van der Waals surface area contributed by atoms with Crippen molar-refractivity contribution in [3.8, 4) is 0 Å². The molecule has 154 valence electrons. The normalized spacial score (nSPS) is 31.6. The van der Waals surface area contributed by atoms with E-state index >= 15 is 0 Å². The smallest absolute Gasteiger partial charge is 0.390 e. The summed E-state index contributed by atoms with van der Waals surface area (Å²) >= 11 is 0. The quantitative estimate of drug-likeness (QED) is 0.827. The lowest BCUT2D eigenvalue weighted by Crippen LogP contribution is -2.61. The molecule has 1 heterocycles. The van der Waals surface area contributed by atoms with Gasteiger partial charge in [-0.25, -0.2) is 0 Å². The molecule has 0 bridgehead atoms. The third-order valence-electron chi connectivity index (χ3n) is 7.07. The van der Waals surface area contributed by atoms with Gasteiger partial charge in [0, 0.05) is 24.4 Å². The number of alkyl halides is 3. The van der Waals surface area contributed by atoms with Gasteiger partial charge in [-0.3, -0.25) is 4.79 Å². The molecule has 1 atom stereocenters. The summed E-state index contributed by atoms with van der Waals surface area (Å²) in [4.78, 5) is 14.4. The van der Waals surface area contributed by atoms with Crippen LogP contribution in [0.3, 0.4) is 0 Å². The third-order valence-corrected chi connectivity index (χ3v) is 7.07. The number of aryl methyl sites for hydroxylation is 1. The number of likely N-dealkylation sites (tertiary alicyclic amines) is 1. The van der Waals surface area contributed by atoms with E-state index in [1.165, 1.54) is 12.1 Å². The van der Waals surface area contributed by atoms with Crippen LogP contribution in [0.4, 0.5) is 13.2 Å². The Labute approximate surface area is 163 Å². The standard InChI is InChI=1S/C22H28F3NO2/c1-14-7-18(22(23,24)25)4-3-16(14)8-15-5-6-21(9-15)12-26(13-21)19(27)17-10-20(2,28)11-17/h3-4,7,15,17,28H,5-6,8-13H2,1-2H3/t15-,17?,20?/m1/s1. The summed E-state index contributed by atoms with van der Waals surface area (Å²) in [6.45, 7) is 5.13. The first-order valence-electron chi connectivity index (χ1n) is 10.1. The van der Waals surface area contributed by atoms with Gasteiger partial charge in [0.05, 0.1) is 11.2 Å². The van der Waals surface area contributed by atoms with Crippen molar-refractivity contribution in [2.24, 2.45) is 17.3 Å². The molecule has 0 radical (unpaired) electrons. The van der Waals surface area contributed by atoms with Gasteiger partial charge < -0.3 is 10.0 Å². The highest BCUT2D eigenvalue weighted by molar-refractivity contribution is 5.81. The summed E-state index contributed by atoms with van der Waals surface area (Å²) in [7, 11) is 0. The fourth-order valence-electron chi connectivity index (χ4n) is 5.55. The van der Waals surface area contributed by atoms with Crippen LogP contribution < -0.4 is 0 Å². The van der Waals surface area contributed by atoms with E-state index in [4.69, 9.17) is 0 Å². The average molecular weight is 395 g/mol. The molecule has 1 spiro atoms. The van der Waals surface area contributed by atoms with Crippen LogP contribution in [0.1, 0.15) is 55.7 Å². The van der Waals surface area contributed by atoms with E-state index in [0.717, 1.165) is 44.3 Å². The molecule has 0 unspecified atom stereocenters. The number of carbonyl (C=O) groups excluding carboxylic acids is 1. The summed E-state index contributed by atoms with van der Waals surface area (Å²) in [5, 5.41) is 9.84. The maximum absolute atomic E-state index is 12.8. The van der Waals surface area contributed by atoms with E-state index in [1.54, 1.807) is 19.9 Å². The second-order valence-corrected chi connectivity index (χ2v) is 9.75. The molecule has 1 N–H and O–H groups in total. The largest absolute Gasteiger partial charge is 0.416 e. The van der Waals surface area contributed by atoms with E-state index in [1.807, 2.05) is 4.90 Å². The van der Waals surface area contributed by atoms with Crippen molar-refractivity contribution < 1.29 is 23.1 Å². The van der Waals surface area contributed by atoms with Gasteiger partial charge in [0.25, 0.3) is 0 Å². The fourth-order valence-corrected chi connectivity index (χ4v) is 5.55. The topological polar surface area (TPSA) is 40.5 Å². The molecule has 3 nitrogen and oxygen atoms in total. The zero-order valence-electron chi connectivity index (χ0n) is 16.5. The number of amides is 1. The number of halogens is 3. The van der Waals surface area contributed by atoms with Crippen LogP contribution in [0.15, 0.2) is 18.2 Å². The van der Waals surface area contributed by atoms with Crippen LogP contribution in [0.5, 0.6) is 0 Å². The molecule has 28 heavy (non-hydrogen) atoms. The fraction of sp³-hybridized carbons (Fsp3) is 0.682. The van der Waals surface area contributed by atoms with Gasteiger partial charge in [0.2, 0.25) is 5.91 Å². The van der Waals surface area contributed by atoms with Crippen molar-refractivity contribution in [1.82, 2.24) is 4.90 Å². The van der Waals surface area contributed by atoms with Crippen LogP contribution in [-0.4, -0.2) is 34.6 Å². The van der Waals surface area contributed by atoms with Crippen molar-refractivity contribution >= 4 is 5.91 Å². The van der Waals surface area contributed by atoms with Gasteiger partial charge in [0.1, 0.15) is 0 Å². The first kappa shape index (κ1) is 19.7. The summed E-state index contributed by atoms with van der Waals surface area (Å²) < 4.78 is 38.5. The van der Waals surface area contributed by atoms with Crippen molar-refractivity contribution in [3.05, 3.63) is 34.9 Å². The Morgan fingerprint density at radius 1 is 1.25 bits per heavy atom. The molecule has 0 aromatic heterocycles. The van der Waals surface area contributed by atoms with Crippen molar-refractivity contribution in [2.45, 2.75) is 64.1 Å². The Morgan fingerprint density at radius 2 is 1.93 bits per heavy atom. The lowest BCUT2D eigenvalue weighted by molar-refractivity contribution is -0.161. The zero-order valence-corrected chi connectivity index (χ0v) is 16.5. The molecular formula is C22H28F3NO2. The van der Waals surface area contributed by atoms with Crippen LogP contribution >= 0.6 is 0 Å². The monoisotopic (exact) mass is 395 g/mol. The minimum Gasteiger partial charge on any atom is -0.390 e. The van der Waals surface area contributed by atoms with Crippen molar-refractivity contribution in [3.63, 3.8) is 0 Å². The predicted molar refractivity (Wildman–Crippen MR) is 99.6 cm³/mol. The van der Waals surface area contributed by atoms with E-state index in [0.29, 0.717) is 24.3 Å². The minimum atomic E-state index is -4.30. The maximum atomic E-state index is 12.8. The Morgan fingerprint density at radius 3 is 2.50 bits per heavy atom. The number of benzene rings is 1. The summed E-state index contributed by atoms with van der Waals surface area (Å²) in [6, 6.07) is 4.06. The number of rotatable bonds is 3. The highest BCUT2D eigenvalue weighted by Crippen LogP contribution is 2.50. The Hall–Kier alpha value is -1.56. The van der Waals surface area contributed by atoms with Gasteiger partial charge in [-0.05, 0) is 81.5 Å². The molecule has 2 aliphatic carbocycles. The van der Waals surface area contributed by atoms with Crippen LogP contribution in [-0.2, 0) is 17.4 Å². The number of hydrogen-bond acceptors (Lipinski definition) is 2. The van der Waals surface area contributed by atoms with Crippen LogP contribution in [0.2, 0.25) is 0 Å². The molecule has 3 fully saturated rings. The van der Waals surface area contributed by atoms with Gasteiger partial charge >= 0.3 is 6.18 Å². The Balaban J connectivity index is 1.30. The number of aliphatic hydroxyl groups is 1. The van der Waals surface area contributed by atoms with Gasteiger partial charge in [-0.1, -0.05) is 6.07 Å². The molecular weight excluding hydrogens is 367 g/mol. The third kappa shape index (κ3) is 3.68. The Kier molecular flexibility index (Phi) is 4.57. The van der Waals surface area contributed by atoms with Crippen molar-refractivity contribution in [2.75, 3.05) is 13.1 Å². The lowest BCUT2D eigenvalue weighted by atomic mass is 9.69. The molecule has 1 amide bonds. The SMILES string of the molecule is Cc1cc(C(F)(F)F)ccc1C[C@H]1CCC2(C1)CN(C(=O)C1CC(C)(O)C1)C2. The molecule has 1 aromatic rings. The van der Waals surface area contributed by atoms with E-state index in [9.17, 15) is 23.1 Å². The summed E-state index contributed by atoms with van der Waals surface area (Å²) in [6.07, 6.45) is 0.835. The minimum absolute atomic E-state index is 0.0284. The Bertz CT molecular complexity index is 772. The second kappa shape index (κ2) is 6.48. The molecule has 1 aliphatic heterocycles. The highest BCUT2D eigenvalue weighted by Gasteiger charge is 2.52. The predicted octanol–water partition coefficient (Wildman–Crippen LogP) is 4.35. The number of nitrogens with zero attached hydrogens (tertiary/aromatic N) is 1. The molecule has 1 saturated heterocycles. The first-order chi connectivity index (χ1) is 13.0. The molecule has 2 saturated carbocycles. The maximum Gasteiger partial charge on any atom is 0.416 e. The van der Waals surface area contributed by atoms with Gasteiger partial charge in [-0.2, -0.15) is 13.2 Å².